The molecule has 0 aromatic carbocycles. The Bertz CT molecular complexity index is 231. The molecule has 0 fully saturated rings. The smallest absolute Gasteiger partial charge is 0.407 e. The van der Waals surface area contributed by atoms with Crippen molar-refractivity contribution in [2.75, 3.05) is 20.3 Å². The summed E-state index contributed by atoms with van der Waals surface area (Å²) >= 11 is 0. The van der Waals surface area contributed by atoms with E-state index in [2.05, 4.69) is 14.8 Å². The summed E-state index contributed by atoms with van der Waals surface area (Å²) in [6, 6.07) is -0.721. The number of hydrogen-bond donors (Lipinski definition) is 2. The third-order valence-corrected chi connectivity index (χ3v) is 2.27. The molecule has 0 bridgehead atoms. The number of amides is 1. The van der Waals surface area contributed by atoms with Crippen molar-refractivity contribution in [2.45, 2.75) is 26.3 Å². The van der Waals surface area contributed by atoms with E-state index in [1.54, 1.807) is 0 Å². The first-order chi connectivity index (χ1) is 7.56. The van der Waals surface area contributed by atoms with Crippen molar-refractivity contribution in [1.82, 2.24) is 5.32 Å². The van der Waals surface area contributed by atoms with Crippen molar-refractivity contribution in [3.05, 3.63) is 0 Å². The second-order valence-corrected chi connectivity index (χ2v) is 3.39. The van der Waals surface area contributed by atoms with Crippen molar-refractivity contribution in [3.63, 3.8) is 0 Å². The molecule has 16 heavy (non-hydrogen) atoms. The van der Waals surface area contributed by atoms with Crippen molar-refractivity contribution < 1.29 is 24.2 Å². The highest BCUT2D eigenvalue weighted by Crippen LogP contribution is 2.09. The number of carbonyl (C=O) groups excluding carboxylic acids is 2. The standard InChI is InChI=1S/C10H19NO5/c1-4-7(2)8(9(13)15-3)11-10(14)16-6-5-12/h7-8,12H,4-6H2,1-3H3,(H,11,14). The highest BCUT2D eigenvalue weighted by molar-refractivity contribution is 5.81. The minimum Gasteiger partial charge on any atom is -0.467 e. The molecule has 0 aliphatic rings. The molecule has 0 saturated carbocycles. The van der Waals surface area contributed by atoms with E-state index >= 15 is 0 Å². The minimum absolute atomic E-state index is 0.0471. The number of methoxy groups -OCH3 is 1. The number of aliphatic hydroxyl groups excluding tert-OH is 1. The van der Waals surface area contributed by atoms with Crippen LogP contribution in [0.5, 0.6) is 0 Å². The molecule has 0 aromatic heterocycles. The van der Waals surface area contributed by atoms with Gasteiger partial charge in [0.2, 0.25) is 0 Å². The maximum absolute atomic E-state index is 11.4. The molecule has 0 aliphatic carbocycles. The van der Waals surface area contributed by atoms with E-state index in [1.807, 2.05) is 13.8 Å². The predicted molar refractivity (Wildman–Crippen MR) is 56.8 cm³/mol. The number of ether oxygens (including phenoxy) is 2. The van der Waals surface area contributed by atoms with Crippen LogP contribution in [-0.2, 0) is 14.3 Å². The summed E-state index contributed by atoms with van der Waals surface area (Å²) < 4.78 is 9.19. The van der Waals surface area contributed by atoms with Crippen molar-refractivity contribution in [1.29, 1.82) is 0 Å². The van der Waals surface area contributed by atoms with E-state index in [0.717, 1.165) is 6.42 Å². The Morgan fingerprint density at radius 1 is 1.44 bits per heavy atom. The SMILES string of the molecule is CCC(C)C(NC(=O)OCCO)C(=O)OC. The second kappa shape index (κ2) is 7.92. The molecule has 0 rings (SSSR count). The van der Waals surface area contributed by atoms with Crippen LogP contribution >= 0.6 is 0 Å². The fraction of sp³-hybridized carbons (Fsp3) is 0.800. The van der Waals surface area contributed by atoms with Crippen molar-refractivity contribution in [2.24, 2.45) is 5.92 Å². The topological polar surface area (TPSA) is 84.9 Å². The first-order valence-electron chi connectivity index (χ1n) is 5.18. The van der Waals surface area contributed by atoms with Crippen LogP contribution in [0.2, 0.25) is 0 Å². The van der Waals surface area contributed by atoms with E-state index in [-0.39, 0.29) is 19.1 Å². The normalized spacial score (nSPS) is 13.8. The molecule has 0 radical (unpaired) electrons. The van der Waals surface area contributed by atoms with Gasteiger partial charge in [-0.1, -0.05) is 20.3 Å². The molecule has 0 saturated heterocycles. The van der Waals surface area contributed by atoms with Gasteiger partial charge in [0.05, 0.1) is 13.7 Å². The van der Waals surface area contributed by atoms with Gasteiger partial charge in [0.15, 0.2) is 0 Å². The van der Waals surface area contributed by atoms with Crippen LogP contribution < -0.4 is 5.32 Å². The van der Waals surface area contributed by atoms with Crippen LogP contribution in [0.1, 0.15) is 20.3 Å². The lowest BCUT2D eigenvalue weighted by molar-refractivity contribution is -0.144. The van der Waals surface area contributed by atoms with Crippen LogP contribution in [0.15, 0.2) is 0 Å². The van der Waals surface area contributed by atoms with Crippen LogP contribution in [0.25, 0.3) is 0 Å². The van der Waals surface area contributed by atoms with Crippen LogP contribution in [0.3, 0.4) is 0 Å². The molecule has 0 heterocycles. The lowest BCUT2D eigenvalue weighted by Gasteiger charge is -2.21. The lowest BCUT2D eigenvalue weighted by atomic mass is 9.99. The maximum atomic E-state index is 11.4. The summed E-state index contributed by atoms with van der Waals surface area (Å²) in [5.41, 5.74) is 0. The average Bonchev–Trinajstić information content (AvgIpc) is 2.31. The number of aliphatic hydroxyl groups is 1. The number of rotatable bonds is 6. The summed E-state index contributed by atoms with van der Waals surface area (Å²) in [5.74, 6) is -0.551. The maximum Gasteiger partial charge on any atom is 0.407 e. The van der Waals surface area contributed by atoms with Crippen molar-refractivity contribution in [3.8, 4) is 0 Å². The molecule has 1 amide bonds. The van der Waals surface area contributed by atoms with E-state index in [0.29, 0.717) is 0 Å². The van der Waals surface area contributed by atoms with E-state index in [1.165, 1.54) is 7.11 Å². The third-order valence-electron chi connectivity index (χ3n) is 2.27. The summed E-state index contributed by atoms with van der Waals surface area (Å²) in [5, 5.41) is 10.9. The Kier molecular flexibility index (Phi) is 7.28. The molecule has 0 aromatic rings. The first-order valence-corrected chi connectivity index (χ1v) is 5.18. The van der Waals surface area contributed by atoms with Gasteiger partial charge >= 0.3 is 12.1 Å². The lowest BCUT2D eigenvalue weighted by Crippen LogP contribution is -2.46. The molecule has 0 spiro atoms. The highest BCUT2D eigenvalue weighted by Gasteiger charge is 2.27. The summed E-state index contributed by atoms with van der Waals surface area (Å²) in [6.07, 6.45) is -0.00944. The molecular formula is C10H19NO5. The Balaban J connectivity index is 4.31. The molecular weight excluding hydrogens is 214 g/mol. The van der Waals surface area contributed by atoms with Crippen LogP contribution in [0, 0.1) is 5.92 Å². The third kappa shape index (κ3) is 4.97. The van der Waals surface area contributed by atoms with Gasteiger partial charge in [0, 0.05) is 0 Å². The zero-order valence-corrected chi connectivity index (χ0v) is 9.86. The minimum atomic E-state index is -0.732. The molecule has 2 atom stereocenters. The molecule has 6 nitrogen and oxygen atoms in total. The van der Waals surface area contributed by atoms with Crippen LogP contribution in [-0.4, -0.2) is 43.5 Å². The van der Waals surface area contributed by atoms with Gasteiger partial charge in [-0.05, 0) is 5.92 Å². The average molecular weight is 233 g/mol. The van der Waals surface area contributed by atoms with E-state index in [4.69, 9.17) is 5.11 Å². The number of carbonyl (C=O) groups is 2. The molecule has 2 N–H and O–H groups in total. The number of esters is 1. The van der Waals surface area contributed by atoms with E-state index < -0.39 is 18.1 Å². The fourth-order valence-electron chi connectivity index (χ4n) is 1.10. The summed E-state index contributed by atoms with van der Waals surface area (Å²) in [7, 11) is 1.26. The Labute approximate surface area is 94.9 Å². The number of hydrogen-bond acceptors (Lipinski definition) is 5. The largest absolute Gasteiger partial charge is 0.467 e. The molecule has 2 unspecified atom stereocenters. The van der Waals surface area contributed by atoms with Gasteiger partial charge < -0.3 is 19.9 Å². The summed E-state index contributed by atoms with van der Waals surface area (Å²) in [4.78, 5) is 22.6. The van der Waals surface area contributed by atoms with Gasteiger partial charge in [-0.25, -0.2) is 9.59 Å². The summed E-state index contributed by atoms with van der Waals surface area (Å²) in [6.45, 7) is 3.38. The fourth-order valence-corrected chi connectivity index (χ4v) is 1.10. The Hall–Kier alpha value is -1.30. The van der Waals surface area contributed by atoms with Crippen LogP contribution in [0.4, 0.5) is 4.79 Å². The first kappa shape index (κ1) is 14.7. The number of alkyl carbamates (subject to hydrolysis) is 1. The quantitative estimate of drug-likeness (QED) is 0.644. The van der Waals surface area contributed by atoms with Gasteiger partial charge in [-0.2, -0.15) is 0 Å². The van der Waals surface area contributed by atoms with Crippen molar-refractivity contribution >= 4 is 12.1 Å². The van der Waals surface area contributed by atoms with E-state index in [9.17, 15) is 9.59 Å². The molecule has 6 heteroatoms. The zero-order chi connectivity index (χ0) is 12.6. The van der Waals surface area contributed by atoms with Gasteiger partial charge in [-0.3, -0.25) is 0 Å². The molecule has 94 valence electrons. The zero-order valence-electron chi connectivity index (χ0n) is 9.86. The Morgan fingerprint density at radius 2 is 2.06 bits per heavy atom. The predicted octanol–water partition coefficient (Wildman–Crippen LogP) is 0.293. The second-order valence-electron chi connectivity index (χ2n) is 3.39. The van der Waals surface area contributed by atoms with Gasteiger partial charge in [0.25, 0.3) is 0 Å². The number of nitrogens with one attached hydrogen (secondary N) is 1. The van der Waals surface area contributed by atoms with Gasteiger partial charge in [-0.15, -0.1) is 0 Å². The monoisotopic (exact) mass is 233 g/mol. The molecule has 0 aliphatic heterocycles. The Morgan fingerprint density at radius 3 is 2.50 bits per heavy atom. The highest BCUT2D eigenvalue weighted by atomic mass is 16.6. The van der Waals surface area contributed by atoms with Gasteiger partial charge in [0.1, 0.15) is 12.6 Å².